The molecule has 0 fully saturated rings. The number of nitrogens with zero attached hydrogens (tertiary/aromatic N) is 2. The average molecular weight is 273 g/mol. The molecule has 0 amide bonds. The summed E-state index contributed by atoms with van der Waals surface area (Å²) in [4.78, 5) is 19.3. The van der Waals surface area contributed by atoms with Crippen molar-refractivity contribution in [2.45, 2.75) is 13.8 Å². The number of hydrogen-bond acceptors (Lipinski definition) is 5. The van der Waals surface area contributed by atoms with Gasteiger partial charge in [0.05, 0.1) is 18.0 Å². The smallest absolute Gasteiger partial charge is 0.339 e. The fraction of sp³-hybridized carbons (Fsp3) is 0.214. The molecule has 0 aliphatic carbocycles. The van der Waals surface area contributed by atoms with Crippen LogP contribution in [-0.4, -0.2) is 27.7 Å². The third-order valence-corrected chi connectivity index (χ3v) is 2.76. The van der Waals surface area contributed by atoms with Gasteiger partial charge in [0.1, 0.15) is 11.3 Å². The number of rotatable bonds is 4. The Morgan fingerprint density at radius 1 is 1.30 bits per heavy atom. The lowest BCUT2D eigenvalue weighted by atomic mass is 10.0. The van der Waals surface area contributed by atoms with Gasteiger partial charge in [0, 0.05) is 5.56 Å². The van der Waals surface area contributed by atoms with Crippen LogP contribution >= 0.6 is 0 Å². The molecule has 2 rings (SSSR count). The number of aromatic carboxylic acids is 1. The number of carboxylic acids is 1. The zero-order valence-electron chi connectivity index (χ0n) is 11.3. The van der Waals surface area contributed by atoms with Crippen LogP contribution in [0.2, 0.25) is 0 Å². The fourth-order valence-electron chi connectivity index (χ4n) is 1.94. The molecule has 20 heavy (non-hydrogen) atoms. The van der Waals surface area contributed by atoms with E-state index in [1.807, 2.05) is 6.92 Å². The molecule has 6 heteroatoms. The number of nitrogen functional groups attached to an aromatic ring is 1. The largest absolute Gasteiger partial charge is 0.494 e. The van der Waals surface area contributed by atoms with Crippen LogP contribution in [0.1, 0.15) is 23.0 Å². The highest BCUT2D eigenvalue weighted by atomic mass is 16.5. The highest BCUT2D eigenvalue weighted by Gasteiger charge is 2.18. The summed E-state index contributed by atoms with van der Waals surface area (Å²) in [5.74, 6) is -0.311. The molecule has 0 spiro atoms. The van der Waals surface area contributed by atoms with E-state index >= 15 is 0 Å². The molecule has 3 N–H and O–H groups in total. The van der Waals surface area contributed by atoms with Crippen LogP contribution in [0.4, 0.5) is 5.95 Å². The quantitative estimate of drug-likeness (QED) is 0.885. The van der Waals surface area contributed by atoms with E-state index in [1.165, 1.54) is 0 Å². The van der Waals surface area contributed by atoms with Crippen LogP contribution in [0.3, 0.4) is 0 Å². The molecule has 1 heterocycles. The van der Waals surface area contributed by atoms with E-state index < -0.39 is 5.97 Å². The minimum Gasteiger partial charge on any atom is -0.494 e. The number of carboxylic acid groups (broad SMARTS) is 1. The highest BCUT2D eigenvalue weighted by molar-refractivity contribution is 5.96. The summed E-state index contributed by atoms with van der Waals surface area (Å²) in [6.07, 6.45) is 0. The number of hydrogen-bond donors (Lipinski definition) is 2. The van der Waals surface area contributed by atoms with E-state index in [4.69, 9.17) is 10.5 Å². The van der Waals surface area contributed by atoms with Gasteiger partial charge in [-0.25, -0.2) is 14.8 Å². The fourth-order valence-corrected chi connectivity index (χ4v) is 1.94. The number of carbonyl (C=O) groups is 1. The molecular formula is C14H15N3O3. The second-order valence-corrected chi connectivity index (χ2v) is 4.15. The molecule has 0 atom stereocenters. The van der Waals surface area contributed by atoms with Crippen molar-refractivity contribution in [2.75, 3.05) is 12.3 Å². The van der Waals surface area contributed by atoms with Gasteiger partial charge >= 0.3 is 5.97 Å². The Bertz CT molecular complexity index is 639. The molecule has 0 saturated heterocycles. The van der Waals surface area contributed by atoms with E-state index in [-0.39, 0.29) is 11.5 Å². The second kappa shape index (κ2) is 5.56. The summed E-state index contributed by atoms with van der Waals surface area (Å²) >= 11 is 0. The molecule has 0 radical (unpaired) electrons. The average Bonchev–Trinajstić information content (AvgIpc) is 2.38. The first-order valence-corrected chi connectivity index (χ1v) is 6.13. The predicted molar refractivity (Wildman–Crippen MR) is 74.7 cm³/mol. The molecule has 6 nitrogen and oxygen atoms in total. The molecular weight excluding hydrogens is 258 g/mol. The van der Waals surface area contributed by atoms with Crippen LogP contribution in [0.25, 0.3) is 11.3 Å². The van der Waals surface area contributed by atoms with Gasteiger partial charge < -0.3 is 15.6 Å². The molecule has 0 bridgehead atoms. The third kappa shape index (κ3) is 2.69. The van der Waals surface area contributed by atoms with Gasteiger partial charge in [-0.15, -0.1) is 0 Å². The van der Waals surface area contributed by atoms with Gasteiger partial charge in [-0.05, 0) is 38.1 Å². The summed E-state index contributed by atoms with van der Waals surface area (Å²) in [6.45, 7) is 4.06. The van der Waals surface area contributed by atoms with E-state index in [0.717, 1.165) is 0 Å². The van der Waals surface area contributed by atoms with Crippen molar-refractivity contribution in [1.82, 2.24) is 9.97 Å². The van der Waals surface area contributed by atoms with Gasteiger partial charge in [0.25, 0.3) is 0 Å². The van der Waals surface area contributed by atoms with Crippen LogP contribution in [0.5, 0.6) is 5.75 Å². The van der Waals surface area contributed by atoms with Crippen molar-refractivity contribution in [2.24, 2.45) is 0 Å². The maximum atomic E-state index is 11.4. The van der Waals surface area contributed by atoms with Crippen molar-refractivity contribution in [3.05, 3.63) is 35.5 Å². The van der Waals surface area contributed by atoms with E-state index in [2.05, 4.69) is 9.97 Å². The first-order valence-electron chi connectivity index (χ1n) is 6.13. The van der Waals surface area contributed by atoms with E-state index in [0.29, 0.717) is 29.3 Å². The number of nitrogens with two attached hydrogens (primary N) is 1. The molecule has 0 aliphatic rings. The van der Waals surface area contributed by atoms with Gasteiger partial charge in [0.15, 0.2) is 0 Å². The van der Waals surface area contributed by atoms with Gasteiger partial charge in [-0.3, -0.25) is 0 Å². The molecule has 2 aromatic rings. The second-order valence-electron chi connectivity index (χ2n) is 4.15. The van der Waals surface area contributed by atoms with E-state index in [1.54, 1.807) is 31.2 Å². The minimum absolute atomic E-state index is 0.0522. The monoisotopic (exact) mass is 273 g/mol. The molecule has 104 valence electrons. The number of anilines is 1. The Morgan fingerprint density at radius 3 is 2.50 bits per heavy atom. The van der Waals surface area contributed by atoms with Crippen LogP contribution in [0.15, 0.2) is 24.3 Å². The Morgan fingerprint density at radius 2 is 1.95 bits per heavy atom. The standard InChI is InChI=1S/C14H15N3O3/c1-3-20-10-6-4-9(5-7-10)12-11(13(18)19)8(2)16-14(15)17-12/h4-7H,3H2,1-2H3,(H,18,19)(H2,15,16,17). The van der Waals surface area contributed by atoms with E-state index in [9.17, 15) is 9.90 Å². The van der Waals surface area contributed by atoms with Crippen LogP contribution in [-0.2, 0) is 0 Å². The number of aryl methyl sites for hydroxylation is 1. The van der Waals surface area contributed by atoms with Crippen LogP contribution < -0.4 is 10.5 Å². The predicted octanol–water partition coefficient (Wildman–Crippen LogP) is 2.13. The van der Waals surface area contributed by atoms with Gasteiger partial charge in [-0.1, -0.05) is 0 Å². The number of benzene rings is 1. The molecule has 0 unspecified atom stereocenters. The molecule has 0 aliphatic heterocycles. The van der Waals surface area contributed by atoms with Crippen molar-refractivity contribution < 1.29 is 14.6 Å². The highest BCUT2D eigenvalue weighted by Crippen LogP contribution is 2.26. The summed E-state index contributed by atoms with van der Waals surface area (Å²) in [5.41, 5.74) is 6.97. The number of ether oxygens (including phenoxy) is 1. The Balaban J connectivity index is 2.53. The lowest BCUT2D eigenvalue weighted by Gasteiger charge is -2.09. The summed E-state index contributed by atoms with van der Waals surface area (Å²) in [6, 6.07) is 7.02. The molecule has 1 aromatic carbocycles. The Hall–Kier alpha value is -2.63. The van der Waals surface area contributed by atoms with Crippen molar-refractivity contribution in [3.8, 4) is 17.0 Å². The zero-order chi connectivity index (χ0) is 14.7. The number of aromatic nitrogens is 2. The Labute approximate surface area is 116 Å². The maximum Gasteiger partial charge on any atom is 0.339 e. The van der Waals surface area contributed by atoms with Gasteiger partial charge in [-0.2, -0.15) is 0 Å². The first-order chi connectivity index (χ1) is 9.52. The molecule has 1 aromatic heterocycles. The summed E-state index contributed by atoms with van der Waals surface area (Å²) in [7, 11) is 0. The van der Waals surface area contributed by atoms with Gasteiger partial charge in [0.2, 0.25) is 5.95 Å². The minimum atomic E-state index is -1.08. The van der Waals surface area contributed by atoms with Crippen molar-refractivity contribution in [1.29, 1.82) is 0 Å². The first kappa shape index (κ1) is 13.8. The lowest BCUT2D eigenvalue weighted by Crippen LogP contribution is -2.09. The SMILES string of the molecule is CCOc1ccc(-c2nc(N)nc(C)c2C(=O)O)cc1. The normalized spacial score (nSPS) is 10.3. The lowest BCUT2D eigenvalue weighted by molar-refractivity contribution is 0.0696. The summed E-state index contributed by atoms with van der Waals surface area (Å²) in [5, 5.41) is 9.29. The van der Waals surface area contributed by atoms with Crippen molar-refractivity contribution in [3.63, 3.8) is 0 Å². The maximum absolute atomic E-state index is 11.4. The molecule has 0 saturated carbocycles. The topological polar surface area (TPSA) is 98.3 Å². The summed E-state index contributed by atoms with van der Waals surface area (Å²) < 4.78 is 5.35. The third-order valence-electron chi connectivity index (χ3n) is 2.76. The Kier molecular flexibility index (Phi) is 3.84. The van der Waals surface area contributed by atoms with Crippen LogP contribution in [0, 0.1) is 6.92 Å². The zero-order valence-corrected chi connectivity index (χ0v) is 11.3. The van der Waals surface area contributed by atoms with Crippen molar-refractivity contribution >= 4 is 11.9 Å².